The monoisotopic (exact) mass is 744 g/mol. The van der Waals surface area contributed by atoms with E-state index in [1.165, 1.54) is 82.0 Å². The minimum Gasteiger partial charge on any atom is -0.456 e. The van der Waals surface area contributed by atoms with E-state index in [1.807, 2.05) is 0 Å². The minimum atomic E-state index is 0.328. The summed E-state index contributed by atoms with van der Waals surface area (Å²) >= 11 is 0. The molecule has 0 aliphatic heterocycles. The Labute approximate surface area is 337 Å². The number of para-hydroxylation sites is 1. The molecule has 1 aliphatic carbocycles. The number of benzene rings is 9. The lowest BCUT2D eigenvalue weighted by Crippen LogP contribution is -2.20. The molecular weight excluding hydrogens is 705 g/mol. The summed E-state index contributed by atoms with van der Waals surface area (Å²) in [5.41, 5.74) is 12.9. The minimum absolute atomic E-state index is 0.328. The third-order valence-electron chi connectivity index (χ3n) is 13.1. The van der Waals surface area contributed by atoms with Gasteiger partial charge in [0, 0.05) is 26.9 Å². The Bertz CT molecular complexity index is 3330. The van der Waals surface area contributed by atoms with Crippen LogP contribution in [0.2, 0.25) is 0 Å². The quantitative estimate of drug-likeness (QED) is 0.175. The van der Waals surface area contributed by atoms with Gasteiger partial charge in [-0.2, -0.15) is 0 Å². The van der Waals surface area contributed by atoms with Gasteiger partial charge in [0.05, 0.1) is 0 Å². The van der Waals surface area contributed by atoms with Crippen LogP contribution in [-0.2, 0) is 0 Å². The van der Waals surface area contributed by atoms with Crippen LogP contribution in [0.5, 0.6) is 0 Å². The Hall–Kier alpha value is -6.90. The largest absolute Gasteiger partial charge is 0.456 e. The second-order valence-corrected chi connectivity index (χ2v) is 16.4. The predicted octanol–water partition coefficient (Wildman–Crippen LogP) is 16.0. The van der Waals surface area contributed by atoms with Crippen LogP contribution in [-0.4, -0.2) is 0 Å². The molecule has 2 heterocycles. The standard InChI is InChI=1S/C56H40O2/c1-3-12-35(13-4-1)37-22-23-39-29-40(25-24-38(39)28-37)42-30-43(41-26-27-48-47-17-9-10-20-52(47)57-54(48)33-41)32-44(31-42)50-34-51-55-45(36-14-5-2-6-15-36)19-11-21-53(55)58-56(51)49-18-8-7-16-46(49)50/h1-29,33-34,42-44H,30-32H2. The molecule has 0 N–H and O–H groups in total. The number of fused-ring (bicyclic) bond motifs is 9. The van der Waals surface area contributed by atoms with Crippen LogP contribution in [0.4, 0.5) is 0 Å². The zero-order chi connectivity index (χ0) is 38.2. The van der Waals surface area contributed by atoms with Crippen molar-refractivity contribution < 1.29 is 8.83 Å². The van der Waals surface area contributed by atoms with Crippen molar-refractivity contribution in [1.82, 2.24) is 0 Å². The van der Waals surface area contributed by atoms with Gasteiger partial charge in [-0.15, -0.1) is 0 Å². The Morgan fingerprint density at radius 3 is 1.79 bits per heavy atom. The maximum absolute atomic E-state index is 6.78. The van der Waals surface area contributed by atoms with Gasteiger partial charge < -0.3 is 8.83 Å². The van der Waals surface area contributed by atoms with Crippen molar-refractivity contribution in [2.45, 2.75) is 37.0 Å². The van der Waals surface area contributed by atoms with E-state index in [2.05, 4.69) is 188 Å². The molecule has 1 fully saturated rings. The highest BCUT2D eigenvalue weighted by Crippen LogP contribution is 2.52. The SMILES string of the molecule is c1ccc(-c2ccc3cc(C4CC(c5ccc6c(c5)oc5ccccc56)CC(c5cc6c(oc7cccc(-c8ccccc8)c76)c6ccccc56)C4)ccc3c2)cc1. The van der Waals surface area contributed by atoms with Crippen LogP contribution in [0, 0.1) is 0 Å². The van der Waals surface area contributed by atoms with Gasteiger partial charge >= 0.3 is 0 Å². The molecule has 2 heteroatoms. The number of hydrogen-bond donors (Lipinski definition) is 0. The highest BCUT2D eigenvalue weighted by molar-refractivity contribution is 6.20. The zero-order valence-electron chi connectivity index (χ0n) is 32.1. The zero-order valence-corrected chi connectivity index (χ0v) is 32.1. The number of furan rings is 2. The third kappa shape index (κ3) is 5.47. The lowest BCUT2D eigenvalue weighted by atomic mass is 9.68. The maximum Gasteiger partial charge on any atom is 0.143 e. The van der Waals surface area contributed by atoms with Gasteiger partial charge in [-0.25, -0.2) is 0 Å². The van der Waals surface area contributed by atoms with E-state index >= 15 is 0 Å². The molecule has 58 heavy (non-hydrogen) atoms. The summed E-state index contributed by atoms with van der Waals surface area (Å²) in [6.45, 7) is 0. The molecule has 0 saturated heterocycles. The second kappa shape index (κ2) is 13.4. The van der Waals surface area contributed by atoms with Gasteiger partial charge in [0.25, 0.3) is 0 Å². The Kier molecular flexibility index (Phi) is 7.66. The van der Waals surface area contributed by atoms with E-state index in [0.717, 1.165) is 41.6 Å². The van der Waals surface area contributed by atoms with E-state index in [9.17, 15) is 0 Å². The average Bonchev–Trinajstić information content (AvgIpc) is 3.87. The molecule has 276 valence electrons. The summed E-state index contributed by atoms with van der Waals surface area (Å²) in [6.07, 6.45) is 3.23. The topological polar surface area (TPSA) is 26.3 Å². The van der Waals surface area contributed by atoms with E-state index in [1.54, 1.807) is 0 Å². The molecule has 0 bridgehead atoms. The summed E-state index contributed by atoms with van der Waals surface area (Å²) in [7, 11) is 0. The number of rotatable bonds is 5. The van der Waals surface area contributed by atoms with Crippen LogP contribution in [0.15, 0.2) is 197 Å². The summed E-state index contributed by atoms with van der Waals surface area (Å²) < 4.78 is 13.3. The fourth-order valence-electron chi connectivity index (χ4n) is 10.3. The summed E-state index contributed by atoms with van der Waals surface area (Å²) in [6, 6.07) is 68.9. The Morgan fingerprint density at radius 1 is 0.345 bits per heavy atom. The van der Waals surface area contributed by atoms with Gasteiger partial charge in [0.15, 0.2) is 0 Å². The van der Waals surface area contributed by atoms with Gasteiger partial charge in [-0.1, -0.05) is 158 Å². The molecule has 0 spiro atoms. The lowest BCUT2D eigenvalue weighted by Gasteiger charge is -2.36. The van der Waals surface area contributed by atoms with Crippen molar-refractivity contribution in [2.24, 2.45) is 0 Å². The second-order valence-electron chi connectivity index (χ2n) is 16.4. The first-order valence-electron chi connectivity index (χ1n) is 20.6. The van der Waals surface area contributed by atoms with Crippen LogP contribution in [0.1, 0.15) is 53.7 Å². The molecule has 9 aromatic carbocycles. The van der Waals surface area contributed by atoms with Crippen molar-refractivity contribution >= 4 is 65.4 Å². The molecule has 0 radical (unpaired) electrons. The fraction of sp³-hybridized carbons (Fsp3) is 0.107. The van der Waals surface area contributed by atoms with Crippen LogP contribution < -0.4 is 0 Å². The van der Waals surface area contributed by atoms with E-state index < -0.39 is 0 Å². The van der Waals surface area contributed by atoms with Crippen molar-refractivity contribution in [3.8, 4) is 22.3 Å². The average molecular weight is 745 g/mol. The smallest absolute Gasteiger partial charge is 0.143 e. The van der Waals surface area contributed by atoms with Crippen LogP contribution in [0.3, 0.4) is 0 Å². The first-order chi connectivity index (χ1) is 28.7. The highest BCUT2D eigenvalue weighted by Gasteiger charge is 2.34. The highest BCUT2D eigenvalue weighted by atomic mass is 16.3. The molecule has 3 atom stereocenters. The number of hydrogen-bond acceptors (Lipinski definition) is 2. The lowest BCUT2D eigenvalue weighted by molar-refractivity contribution is 0.353. The fourth-order valence-corrected chi connectivity index (χ4v) is 10.3. The van der Waals surface area contributed by atoms with Crippen molar-refractivity contribution in [3.05, 3.63) is 205 Å². The van der Waals surface area contributed by atoms with Crippen LogP contribution >= 0.6 is 0 Å². The predicted molar refractivity (Wildman–Crippen MR) is 242 cm³/mol. The normalized spacial score (nSPS) is 17.3. The van der Waals surface area contributed by atoms with Gasteiger partial charge in [0.1, 0.15) is 22.3 Å². The van der Waals surface area contributed by atoms with Crippen molar-refractivity contribution in [3.63, 3.8) is 0 Å². The molecule has 1 saturated carbocycles. The summed E-state index contributed by atoms with van der Waals surface area (Å²) in [4.78, 5) is 0. The van der Waals surface area contributed by atoms with Gasteiger partial charge in [-0.05, 0) is 122 Å². The van der Waals surface area contributed by atoms with Gasteiger partial charge in [0.2, 0.25) is 0 Å². The molecule has 2 nitrogen and oxygen atoms in total. The third-order valence-corrected chi connectivity index (χ3v) is 13.1. The van der Waals surface area contributed by atoms with Crippen LogP contribution in [0.25, 0.3) is 87.7 Å². The van der Waals surface area contributed by atoms with E-state index in [0.29, 0.717) is 17.8 Å². The first kappa shape index (κ1) is 33.3. The molecule has 3 unspecified atom stereocenters. The summed E-state index contributed by atoms with van der Waals surface area (Å²) in [5, 5.41) is 9.81. The molecule has 2 aromatic heterocycles. The van der Waals surface area contributed by atoms with Crippen molar-refractivity contribution in [2.75, 3.05) is 0 Å². The molecule has 11 aromatic rings. The molecule has 1 aliphatic rings. The first-order valence-corrected chi connectivity index (χ1v) is 20.6. The molecule has 12 rings (SSSR count). The van der Waals surface area contributed by atoms with Gasteiger partial charge in [-0.3, -0.25) is 0 Å². The maximum atomic E-state index is 6.78. The molecule has 0 amide bonds. The molecular formula is C56H40O2. The van der Waals surface area contributed by atoms with Crippen molar-refractivity contribution in [1.29, 1.82) is 0 Å². The van der Waals surface area contributed by atoms with E-state index in [4.69, 9.17) is 8.83 Å². The Morgan fingerprint density at radius 2 is 0.966 bits per heavy atom. The Balaban J connectivity index is 1.02. The van der Waals surface area contributed by atoms with E-state index in [-0.39, 0.29) is 0 Å². The summed E-state index contributed by atoms with van der Waals surface area (Å²) in [5.74, 6) is 1.06.